The standard InChI is InChI=1S/C13H12N2O2/c1-14-8(7-16)5-12-13(14)10-6-9(17)3-4-11(10)15(12)2/h3-7,17H,1-2H3. The number of carbonyl (C=O) groups is 1. The molecule has 0 aliphatic rings. The third kappa shape index (κ3) is 1.15. The van der Waals surface area contributed by atoms with Crippen LogP contribution < -0.4 is 0 Å². The number of hydrogen-bond donors (Lipinski definition) is 1. The second-order valence-corrected chi connectivity index (χ2v) is 4.24. The van der Waals surface area contributed by atoms with Crippen LogP contribution in [-0.2, 0) is 14.1 Å². The number of benzene rings is 1. The van der Waals surface area contributed by atoms with Gasteiger partial charge in [-0.05, 0) is 24.3 Å². The Balaban J connectivity index is 2.60. The highest BCUT2D eigenvalue weighted by Crippen LogP contribution is 2.31. The minimum Gasteiger partial charge on any atom is -0.508 e. The topological polar surface area (TPSA) is 47.2 Å². The van der Waals surface area contributed by atoms with Crippen molar-refractivity contribution in [2.45, 2.75) is 0 Å². The summed E-state index contributed by atoms with van der Waals surface area (Å²) in [6.45, 7) is 0. The summed E-state index contributed by atoms with van der Waals surface area (Å²) < 4.78 is 3.88. The normalized spacial score (nSPS) is 11.4. The second kappa shape index (κ2) is 3.13. The maximum atomic E-state index is 10.9. The Morgan fingerprint density at radius 2 is 1.88 bits per heavy atom. The number of carbonyl (C=O) groups excluding carboxylic acids is 1. The SMILES string of the molecule is Cn1c(C=O)cc2c1c1cc(O)ccc1n2C. The van der Waals surface area contributed by atoms with Gasteiger partial charge in [0.2, 0.25) is 0 Å². The Morgan fingerprint density at radius 1 is 1.12 bits per heavy atom. The van der Waals surface area contributed by atoms with Gasteiger partial charge in [0.1, 0.15) is 5.75 Å². The molecule has 0 radical (unpaired) electrons. The number of hydrogen-bond acceptors (Lipinski definition) is 2. The van der Waals surface area contributed by atoms with Crippen molar-refractivity contribution in [1.29, 1.82) is 0 Å². The lowest BCUT2D eigenvalue weighted by molar-refractivity contribution is 0.111. The molecule has 0 aliphatic carbocycles. The van der Waals surface area contributed by atoms with E-state index in [2.05, 4.69) is 0 Å². The smallest absolute Gasteiger partial charge is 0.166 e. The van der Waals surface area contributed by atoms with Crippen molar-refractivity contribution in [3.63, 3.8) is 0 Å². The summed E-state index contributed by atoms with van der Waals surface area (Å²) in [5, 5.41) is 10.5. The molecule has 0 spiro atoms. The van der Waals surface area contributed by atoms with Gasteiger partial charge < -0.3 is 14.2 Å². The van der Waals surface area contributed by atoms with Crippen molar-refractivity contribution in [3.05, 3.63) is 30.0 Å². The van der Waals surface area contributed by atoms with E-state index in [-0.39, 0.29) is 5.75 Å². The summed E-state index contributed by atoms with van der Waals surface area (Å²) in [4.78, 5) is 10.9. The summed E-state index contributed by atoms with van der Waals surface area (Å²) >= 11 is 0. The number of aromatic hydroxyl groups is 1. The van der Waals surface area contributed by atoms with Crippen LogP contribution in [-0.4, -0.2) is 20.5 Å². The number of phenols is 1. The summed E-state index contributed by atoms with van der Waals surface area (Å²) in [6.07, 6.45) is 0.842. The van der Waals surface area contributed by atoms with Crippen molar-refractivity contribution in [2.75, 3.05) is 0 Å². The molecule has 0 atom stereocenters. The van der Waals surface area contributed by atoms with Gasteiger partial charge in [0.05, 0.1) is 22.2 Å². The summed E-state index contributed by atoms with van der Waals surface area (Å²) in [6, 6.07) is 7.14. The third-order valence-corrected chi connectivity index (χ3v) is 3.33. The zero-order valence-electron chi connectivity index (χ0n) is 9.64. The summed E-state index contributed by atoms with van der Waals surface area (Å²) in [5.41, 5.74) is 3.65. The molecule has 3 rings (SSSR count). The lowest BCUT2D eigenvalue weighted by atomic mass is 10.2. The van der Waals surface area contributed by atoms with Gasteiger partial charge in [-0.1, -0.05) is 0 Å². The van der Waals surface area contributed by atoms with Gasteiger partial charge in [0.15, 0.2) is 6.29 Å². The number of aryl methyl sites for hydroxylation is 2. The Hall–Kier alpha value is -2.23. The van der Waals surface area contributed by atoms with E-state index < -0.39 is 0 Å². The van der Waals surface area contributed by atoms with E-state index in [0.717, 1.165) is 28.2 Å². The number of aromatic nitrogens is 2. The predicted molar refractivity (Wildman–Crippen MR) is 66.4 cm³/mol. The Labute approximate surface area is 97.7 Å². The first-order valence-corrected chi connectivity index (χ1v) is 5.35. The van der Waals surface area contributed by atoms with Crippen LogP contribution in [0.5, 0.6) is 5.75 Å². The van der Waals surface area contributed by atoms with Gasteiger partial charge in [0.25, 0.3) is 0 Å². The van der Waals surface area contributed by atoms with Crippen molar-refractivity contribution in [1.82, 2.24) is 9.13 Å². The third-order valence-electron chi connectivity index (χ3n) is 3.33. The minimum atomic E-state index is 0.235. The van der Waals surface area contributed by atoms with Crippen molar-refractivity contribution in [2.24, 2.45) is 14.1 Å². The fourth-order valence-electron chi connectivity index (χ4n) is 2.43. The van der Waals surface area contributed by atoms with E-state index >= 15 is 0 Å². The van der Waals surface area contributed by atoms with Crippen LogP contribution in [0.15, 0.2) is 24.3 Å². The first kappa shape index (κ1) is 9.96. The van der Waals surface area contributed by atoms with Crippen molar-refractivity contribution < 1.29 is 9.90 Å². The summed E-state index contributed by atoms with van der Waals surface area (Å²) in [7, 11) is 3.81. The Bertz CT molecular complexity index is 750. The molecule has 1 aromatic carbocycles. The van der Waals surface area contributed by atoms with E-state index in [1.807, 2.05) is 35.4 Å². The Morgan fingerprint density at radius 3 is 2.59 bits per heavy atom. The van der Waals surface area contributed by atoms with Crippen LogP contribution in [0.25, 0.3) is 21.9 Å². The monoisotopic (exact) mass is 228 g/mol. The highest BCUT2D eigenvalue weighted by molar-refractivity contribution is 6.08. The molecule has 0 amide bonds. The van der Waals surface area contributed by atoms with Gasteiger partial charge in [-0.3, -0.25) is 4.79 Å². The number of phenolic OH excluding ortho intramolecular Hbond substituents is 1. The van der Waals surface area contributed by atoms with E-state index in [0.29, 0.717) is 5.69 Å². The van der Waals surface area contributed by atoms with E-state index in [4.69, 9.17) is 0 Å². The average Bonchev–Trinajstić information content (AvgIpc) is 2.77. The zero-order valence-corrected chi connectivity index (χ0v) is 9.64. The number of rotatable bonds is 1. The van der Waals surface area contributed by atoms with Crippen LogP contribution >= 0.6 is 0 Å². The quantitative estimate of drug-likeness (QED) is 0.649. The number of aldehydes is 1. The van der Waals surface area contributed by atoms with Crippen LogP contribution in [0.3, 0.4) is 0 Å². The molecule has 0 bridgehead atoms. The Kier molecular flexibility index (Phi) is 1.84. The van der Waals surface area contributed by atoms with Crippen LogP contribution in [0.4, 0.5) is 0 Å². The molecule has 0 fully saturated rings. The molecule has 17 heavy (non-hydrogen) atoms. The maximum absolute atomic E-state index is 10.9. The lowest BCUT2D eigenvalue weighted by Crippen LogP contribution is -1.93. The predicted octanol–water partition coefficient (Wildman–Crippen LogP) is 2.19. The largest absolute Gasteiger partial charge is 0.508 e. The lowest BCUT2D eigenvalue weighted by Gasteiger charge is -1.99. The molecule has 4 nitrogen and oxygen atoms in total. The molecular weight excluding hydrogens is 216 g/mol. The molecule has 0 aliphatic heterocycles. The molecule has 2 heterocycles. The highest BCUT2D eigenvalue weighted by Gasteiger charge is 2.14. The zero-order chi connectivity index (χ0) is 12.2. The molecule has 4 heteroatoms. The van der Waals surface area contributed by atoms with Gasteiger partial charge in [-0.25, -0.2) is 0 Å². The van der Waals surface area contributed by atoms with Gasteiger partial charge >= 0.3 is 0 Å². The van der Waals surface area contributed by atoms with Crippen molar-refractivity contribution in [3.8, 4) is 5.75 Å². The molecular formula is C13H12N2O2. The fraction of sp³-hybridized carbons (Fsp3) is 0.154. The first-order chi connectivity index (χ1) is 8.13. The molecule has 1 N–H and O–H groups in total. The molecule has 3 aromatic rings. The number of fused-ring (bicyclic) bond motifs is 3. The van der Waals surface area contributed by atoms with Crippen LogP contribution in [0, 0.1) is 0 Å². The molecule has 2 aromatic heterocycles. The van der Waals surface area contributed by atoms with E-state index in [9.17, 15) is 9.90 Å². The van der Waals surface area contributed by atoms with Gasteiger partial charge in [-0.2, -0.15) is 0 Å². The fourth-order valence-corrected chi connectivity index (χ4v) is 2.43. The molecule has 0 saturated carbocycles. The second-order valence-electron chi connectivity index (χ2n) is 4.24. The molecule has 86 valence electrons. The van der Waals surface area contributed by atoms with Crippen LogP contribution in [0.2, 0.25) is 0 Å². The molecule has 0 unspecified atom stereocenters. The molecule has 0 saturated heterocycles. The highest BCUT2D eigenvalue weighted by atomic mass is 16.3. The first-order valence-electron chi connectivity index (χ1n) is 5.35. The summed E-state index contributed by atoms with van der Waals surface area (Å²) in [5.74, 6) is 0.235. The van der Waals surface area contributed by atoms with Gasteiger partial charge in [-0.15, -0.1) is 0 Å². The van der Waals surface area contributed by atoms with E-state index in [1.165, 1.54) is 0 Å². The average molecular weight is 228 g/mol. The van der Waals surface area contributed by atoms with Crippen molar-refractivity contribution >= 4 is 28.2 Å². The van der Waals surface area contributed by atoms with Gasteiger partial charge in [0, 0.05) is 19.5 Å². The minimum absolute atomic E-state index is 0.235. The van der Waals surface area contributed by atoms with E-state index in [1.54, 1.807) is 12.1 Å². The van der Waals surface area contributed by atoms with Crippen LogP contribution in [0.1, 0.15) is 10.5 Å². The maximum Gasteiger partial charge on any atom is 0.166 e. The number of nitrogens with zero attached hydrogens (tertiary/aromatic N) is 2.